The number of hydrogen-bond acceptors (Lipinski definition) is 4. The summed E-state index contributed by atoms with van der Waals surface area (Å²) in [5, 5.41) is 0. The van der Waals surface area contributed by atoms with Crippen molar-refractivity contribution in [2.75, 3.05) is 32.9 Å². The van der Waals surface area contributed by atoms with Crippen molar-refractivity contribution in [2.45, 2.75) is 50.7 Å². The Hall–Kier alpha value is -1.59. The van der Waals surface area contributed by atoms with Crippen molar-refractivity contribution in [2.24, 2.45) is 0 Å². The van der Waals surface area contributed by atoms with Gasteiger partial charge in [-0.3, -0.25) is 4.79 Å². The normalized spacial score (nSPS) is 25.0. The van der Waals surface area contributed by atoms with Gasteiger partial charge < -0.3 is 19.1 Å². The van der Waals surface area contributed by atoms with E-state index in [1.54, 1.807) is 0 Å². The number of rotatable bonds is 6. The molecule has 0 unspecified atom stereocenters. The van der Waals surface area contributed by atoms with Gasteiger partial charge in [-0.2, -0.15) is 0 Å². The highest BCUT2D eigenvalue weighted by atomic mass is 16.5. The fourth-order valence-corrected chi connectivity index (χ4v) is 3.98. The van der Waals surface area contributed by atoms with Crippen LogP contribution in [0.5, 0.6) is 5.75 Å². The second-order valence-electron chi connectivity index (χ2n) is 7.29. The predicted octanol–water partition coefficient (Wildman–Crippen LogP) is 2.35. The van der Waals surface area contributed by atoms with Gasteiger partial charge in [-0.25, -0.2) is 0 Å². The molecule has 2 atom stereocenters. The molecule has 0 spiro atoms. The van der Waals surface area contributed by atoms with Gasteiger partial charge in [0.1, 0.15) is 5.75 Å². The molecule has 1 aromatic carbocycles. The van der Waals surface area contributed by atoms with E-state index >= 15 is 0 Å². The number of hydrogen-bond donors (Lipinski definition) is 0. The summed E-state index contributed by atoms with van der Waals surface area (Å²) >= 11 is 0. The van der Waals surface area contributed by atoms with Crippen molar-refractivity contribution in [1.82, 2.24) is 4.90 Å². The van der Waals surface area contributed by atoms with E-state index in [1.807, 2.05) is 17.0 Å². The maximum absolute atomic E-state index is 13.0. The average Bonchev–Trinajstić information content (AvgIpc) is 3.36. The Bertz CT molecular complexity index is 588. The Morgan fingerprint density at radius 3 is 2.40 bits per heavy atom. The molecule has 3 heterocycles. The van der Waals surface area contributed by atoms with Crippen LogP contribution in [0.15, 0.2) is 18.2 Å². The minimum Gasteiger partial charge on any atom is -0.493 e. The summed E-state index contributed by atoms with van der Waals surface area (Å²) in [5.74, 6) is 1.14. The van der Waals surface area contributed by atoms with E-state index in [1.165, 1.54) is 5.56 Å². The highest BCUT2D eigenvalue weighted by molar-refractivity contribution is 5.79. The van der Waals surface area contributed by atoms with Crippen LogP contribution >= 0.6 is 0 Å². The summed E-state index contributed by atoms with van der Waals surface area (Å²) in [6.07, 6.45) is 6.02. The lowest BCUT2D eigenvalue weighted by Crippen LogP contribution is -2.42. The van der Waals surface area contributed by atoms with Crippen LogP contribution in [0.25, 0.3) is 0 Å². The molecule has 136 valence electrons. The molecule has 0 aliphatic carbocycles. The first kappa shape index (κ1) is 16.9. The Kier molecular flexibility index (Phi) is 5.22. The van der Waals surface area contributed by atoms with Gasteiger partial charge in [0.25, 0.3) is 0 Å². The standard InChI is InChI=1S/C20H27NO4/c22-20(12-15-5-6-19-16(11-15)7-10-25-19)21(13-17-3-1-8-23-17)14-18-4-2-9-24-18/h5-6,11,17-18H,1-4,7-10,12-14H2/t17-,18-/m0/s1. The molecule has 3 aliphatic heterocycles. The van der Waals surface area contributed by atoms with Gasteiger partial charge in [0.05, 0.1) is 25.2 Å². The molecule has 3 aliphatic rings. The third-order valence-corrected chi connectivity index (χ3v) is 5.36. The van der Waals surface area contributed by atoms with E-state index in [4.69, 9.17) is 14.2 Å². The molecule has 2 saturated heterocycles. The predicted molar refractivity (Wildman–Crippen MR) is 93.9 cm³/mol. The first-order chi connectivity index (χ1) is 12.3. The monoisotopic (exact) mass is 345 g/mol. The number of carbonyl (C=O) groups excluding carboxylic acids is 1. The first-order valence-electron chi connectivity index (χ1n) is 9.53. The van der Waals surface area contributed by atoms with Gasteiger partial charge in [0.2, 0.25) is 5.91 Å². The summed E-state index contributed by atoms with van der Waals surface area (Å²) in [6.45, 7) is 3.76. The van der Waals surface area contributed by atoms with Crippen molar-refractivity contribution in [3.8, 4) is 5.75 Å². The second kappa shape index (κ2) is 7.75. The van der Waals surface area contributed by atoms with Gasteiger partial charge >= 0.3 is 0 Å². The molecule has 25 heavy (non-hydrogen) atoms. The quantitative estimate of drug-likeness (QED) is 0.794. The number of amides is 1. The maximum Gasteiger partial charge on any atom is 0.227 e. The lowest BCUT2D eigenvalue weighted by Gasteiger charge is -2.28. The zero-order valence-corrected chi connectivity index (χ0v) is 14.7. The van der Waals surface area contributed by atoms with Gasteiger partial charge in [-0.1, -0.05) is 12.1 Å². The summed E-state index contributed by atoms with van der Waals surface area (Å²) in [6, 6.07) is 6.13. The molecule has 0 bridgehead atoms. The molecule has 4 rings (SSSR count). The highest BCUT2D eigenvalue weighted by Crippen LogP contribution is 2.26. The van der Waals surface area contributed by atoms with E-state index in [9.17, 15) is 4.79 Å². The Morgan fingerprint density at radius 2 is 1.76 bits per heavy atom. The van der Waals surface area contributed by atoms with E-state index < -0.39 is 0 Å². The summed E-state index contributed by atoms with van der Waals surface area (Å²) in [5.41, 5.74) is 2.29. The van der Waals surface area contributed by atoms with Crippen LogP contribution in [0.3, 0.4) is 0 Å². The molecule has 1 amide bonds. The smallest absolute Gasteiger partial charge is 0.227 e. The fraction of sp³-hybridized carbons (Fsp3) is 0.650. The zero-order chi connectivity index (χ0) is 17.1. The van der Waals surface area contributed by atoms with Crippen molar-refractivity contribution >= 4 is 5.91 Å². The number of benzene rings is 1. The van der Waals surface area contributed by atoms with Crippen molar-refractivity contribution in [3.63, 3.8) is 0 Å². The molecule has 0 radical (unpaired) electrons. The fourth-order valence-electron chi connectivity index (χ4n) is 3.98. The molecule has 5 heteroatoms. The van der Waals surface area contributed by atoms with Crippen molar-refractivity contribution in [1.29, 1.82) is 0 Å². The summed E-state index contributed by atoms with van der Waals surface area (Å²) in [7, 11) is 0. The summed E-state index contributed by atoms with van der Waals surface area (Å²) < 4.78 is 17.1. The minimum atomic E-state index is 0.171. The average molecular weight is 345 g/mol. The second-order valence-corrected chi connectivity index (χ2v) is 7.29. The van der Waals surface area contributed by atoms with Crippen molar-refractivity contribution < 1.29 is 19.0 Å². The molecule has 5 nitrogen and oxygen atoms in total. The number of carbonyl (C=O) groups is 1. The molecule has 0 N–H and O–H groups in total. The van der Waals surface area contributed by atoms with Gasteiger partial charge in [0.15, 0.2) is 0 Å². The number of nitrogens with zero attached hydrogens (tertiary/aromatic N) is 1. The van der Waals surface area contributed by atoms with Crippen LogP contribution in [0.4, 0.5) is 0 Å². The molecule has 0 saturated carbocycles. The minimum absolute atomic E-state index is 0.171. The van der Waals surface area contributed by atoms with E-state index in [0.717, 1.165) is 63.2 Å². The van der Waals surface area contributed by atoms with Crippen LogP contribution in [-0.4, -0.2) is 55.9 Å². The van der Waals surface area contributed by atoms with E-state index in [2.05, 4.69) is 6.07 Å². The van der Waals surface area contributed by atoms with Gasteiger partial charge in [-0.05, 0) is 42.9 Å². The van der Waals surface area contributed by atoms with Crippen molar-refractivity contribution in [3.05, 3.63) is 29.3 Å². The van der Waals surface area contributed by atoms with E-state index in [-0.39, 0.29) is 18.1 Å². The van der Waals surface area contributed by atoms with Crippen LogP contribution in [0.1, 0.15) is 36.8 Å². The first-order valence-corrected chi connectivity index (χ1v) is 9.53. The molecule has 0 aromatic heterocycles. The zero-order valence-electron chi connectivity index (χ0n) is 14.7. The summed E-state index contributed by atoms with van der Waals surface area (Å²) in [4.78, 5) is 14.9. The third-order valence-electron chi connectivity index (χ3n) is 5.36. The molecule has 2 fully saturated rings. The van der Waals surface area contributed by atoms with Gasteiger partial charge in [-0.15, -0.1) is 0 Å². The third kappa shape index (κ3) is 4.15. The van der Waals surface area contributed by atoms with Gasteiger partial charge in [0, 0.05) is 32.7 Å². The van der Waals surface area contributed by atoms with Crippen LogP contribution in [-0.2, 0) is 27.1 Å². The van der Waals surface area contributed by atoms with Crippen LogP contribution in [0, 0.1) is 0 Å². The topological polar surface area (TPSA) is 48.0 Å². The van der Waals surface area contributed by atoms with Crippen LogP contribution in [0.2, 0.25) is 0 Å². The molecular formula is C20H27NO4. The van der Waals surface area contributed by atoms with E-state index in [0.29, 0.717) is 19.5 Å². The molecular weight excluding hydrogens is 318 g/mol. The number of ether oxygens (including phenoxy) is 3. The Morgan fingerprint density at radius 1 is 1.04 bits per heavy atom. The highest BCUT2D eigenvalue weighted by Gasteiger charge is 2.27. The number of fused-ring (bicyclic) bond motifs is 1. The van der Waals surface area contributed by atoms with Crippen LogP contribution < -0.4 is 4.74 Å². The molecule has 1 aromatic rings. The largest absolute Gasteiger partial charge is 0.493 e. The SMILES string of the molecule is O=C(Cc1ccc2c(c1)CCO2)N(C[C@@H]1CCCO1)C[C@@H]1CCCO1. The lowest BCUT2D eigenvalue weighted by molar-refractivity contribution is -0.133. The lowest BCUT2D eigenvalue weighted by atomic mass is 10.1. The Labute approximate surface area is 149 Å². The Balaban J connectivity index is 1.42. The maximum atomic E-state index is 13.0.